The fraction of sp³-hybridized carbons (Fsp3) is 0.643. The first-order valence-electron chi connectivity index (χ1n) is 7.23. The van der Waals surface area contributed by atoms with Gasteiger partial charge in [0.25, 0.3) is 0 Å². The van der Waals surface area contributed by atoms with E-state index in [-0.39, 0.29) is 11.9 Å². The molecule has 0 radical (unpaired) electrons. The van der Waals surface area contributed by atoms with Gasteiger partial charge in [0.15, 0.2) is 0 Å². The van der Waals surface area contributed by atoms with Gasteiger partial charge in [-0.2, -0.15) is 0 Å². The second-order valence-electron chi connectivity index (χ2n) is 5.01. The largest absolute Gasteiger partial charge is 0.370 e. The van der Waals surface area contributed by atoms with Crippen molar-refractivity contribution in [1.82, 2.24) is 15.3 Å². The number of carbonyl (C=O) groups excluding carboxylic acids is 1. The second-order valence-corrected chi connectivity index (χ2v) is 5.01. The van der Waals surface area contributed by atoms with E-state index in [1.54, 1.807) is 7.05 Å². The number of aromatic nitrogens is 2. The van der Waals surface area contributed by atoms with Gasteiger partial charge >= 0.3 is 0 Å². The van der Waals surface area contributed by atoms with Gasteiger partial charge in [-0.15, -0.1) is 0 Å². The minimum Gasteiger partial charge on any atom is -0.370 e. The van der Waals surface area contributed by atoms with Gasteiger partial charge in [0.2, 0.25) is 5.91 Å². The van der Waals surface area contributed by atoms with Crippen molar-refractivity contribution >= 4 is 17.5 Å². The van der Waals surface area contributed by atoms with E-state index in [1.807, 2.05) is 19.9 Å². The standard InChI is InChI=1S/C14H23N5O/c1-4-16-12-9-13(18-10(2)17-12)19-8-6-5-7-11(19)14(20)15-3/h9,11H,4-8H2,1-3H3,(H,15,20)(H,16,17,18). The Labute approximate surface area is 120 Å². The van der Waals surface area contributed by atoms with E-state index in [4.69, 9.17) is 0 Å². The highest BCUT2D eigenvalue weighted by molar-refractivity contribution is 5.85. The normalized spacial score (nSPS) is 18.8. The molecule has 2 N–H and O–H groups in total. The Morgan fingerprint density at radius 1 is 1.45 bits per heavy atom. The summed E-state index contributed by atoms with van der Waals surface area (Å²) in [7, 11) is 1.68. The summed E-state index contributed by atoms with van der Waals surface area (Å²) >= 11 is 0. The van der Waals surface area contributed by atoms with Crippen LogP contribution in [0.15, 0.2) is 6.07 Å². The number of anilines is 2. The van der Waals surface area contributed by atoms with Crippen LogP contribution in [0.5, 0.6) is 0 Å². The summed E-state index contributed by atoms with van der Waals surface area (Å²) in [6, 6.07) is 1.80. The molecule has 1 aromatic heterocycles. The highest BCUT2D eigenvalue weighted by atomic mass is 16.2. The second kappa shape index (κ2) is 6.54. The maximum Gasteiger partial charge on any atom is 0.242 e. The molecular formula is C14H23N5O. The van der Waals surface area contributed by atoms with E-state index in [2.05, 4.69) is 25.5 Å². The van der Waals surface area contributed by atoms with Crippen molar-refractivity contribution < 1.29 is 4.79 Å². The third-order valence-electron chi connectivity index (χ3n) is 3.53. The van der Waals surface area contributed by atoms with Gasteiger partial charge in [-0.3, -0.25) is 4.79 Å². The number of hydrogen-bond acceptors (Lipinski definition) is 5. The Bertz CT molecular complexity index is 477. The molecule has 6 heteroatoms. The van der Waals surface area contributed by atoms with E-state index in [0.29, 0.717) is 0 Å². The number of piperidine rings is 1. The monoisotopic (exact) mass is 277 g/mol. The molecule has 1 amide bonds. The highest BCUT2D eigenvalue weighted by Gasteiger charge is 2.29. The highest BCUT2D eigenvalue weighted by Crippen LogP contribution is 2.25. The van der Waals surface area contributed by atoms with Gasteiger partial charge in [-0.1, -0.05) is 0 Å². The van der Waals surface area contributed by atoms with Crippen molar-refractivity contribution in [2.45, 2.75) is 39.2 Å². The molecule has 2 rings (SSSR count). The van der Waals surface area contributed by atoms with Crippen molar-refractivity contribution in [2.75, 3.05) is 30.4 Å². The first-order valence-corrected chi connectivity index (χ1v) is 7.23. The molecule has 1 saturated heterocycles. The number of rotatable bonds is 4. The summed E-state index contributed by atoms with van der Waals surface area (Å²) in [6.07, 6.45) is 3.05. The molecule has 0 aromatic carbocycles. The predicted molar refractivity (Wildman–Crippen MR) is 80.0 cm³/mol. The molecule has 1 atom stereocenters. The Kier molecular flexibility index (Phi) is 4.76. The van der Waals surface area contributed by atoms with Gasteiger partial charge in [0, 0.05) is 26.2 Å². The van der Waals surface area contributed by atoms with E-state index in [0.717, 1.165) is 49.8 Å². The van der Waals surface area contributed by atoms with Crippen LogP contribution in [0.1, 0.15) is 32.0 Å². The summed E-state index contributed by atoms with van der Waals surface area (Å²) in [5, 5.41) is 5.96. The van der Waals surface area contributed by atoms with Crippen molar-refractivity contribution in [1.29, 1.82) is 0 Å². The number of carbonyl (C=O) groups is 1. The Morgan fingerprint density at radius 2 is 2.25 bits per heavy atom. The van der Waals surface area contributed by atoms with Gasteiger partial charge < -0.3 is 15.5 Å². The van der Waals surface area contributed by atoms with E-state index >= 15 is 0 Å². The third-order valence-corrected chi connectivity index (χ3v) is 3.53. The zero-order valence-corrected chi connectivity index (χ0v) is 12.4. The molecule has 0 bridgehead atoms. The van der Waals surface area contributed by atoms with Crippen molar-refractivity contribution in [3.05, 3.63) is 11.9 Å². The SMILES string of the molecule is CCNc1cc(N2CCCCC2C(=O)NC)nc(C)n1. The molecular weight excluding hydrogens is 254 g/mol. The lowest BCUT2D eigenvalue weighted by Gasteiger charge is -2.35. The molecule has 6 nitrogen and oxygen atoms in total. The van der Waals surface area contributed by atoms with Gasteiger partial charge in [-0.05, 0) is 33.1 Å². The molecule has 0 aliphatic carbocycles. The van der Waals surface area contributed by atoms with Crippen LogP contribution in [0.4, 0.5) is 11.6 Å². The lowest BCUT2D eigenvalue weighted by molar-refractivity contribution is -0.122. The minimum atomic E-state index is -0.127. The fourth-order valence-corrected chi connectivity index (χ4v) is 2.62. The summed E-state index contributed by atoms with van der Waals surface area (Å²) in [5.74, 6) is 2.43. The summed E-state index contributed by atoms with van der Waals surface area (Å²) in [4.78, 5) is 23.0. The van der Waals surface area contributed by atoms with Crippen LogP contribution in [0.3, 0.4) is 0 Å². The lowest BCUT2D eigenvalue weighted by atomic mass is 10.0. The van der Waals surface area contributed by atoms with Gasteiger partial charge in [0.05, 0.1) is 0 Å². The smallest absolute Gasteiger partial charge is 0.242 e. The van der Waals surface area contributed by atoms with Crippen LogP contribution in [0.25, 0.3) is 0 Å². The molecule has 2 heterocycles. The van der Waals surface area contributed by atoms with Crippen molar-refractivity contribution in [2.24, 2.45) is 0 Å². The predicted octanol–water partition coefficient (Wildman–Crippen LogP) is 1.32. The van der Waals surface area contributed by atoms with Crippen LogP contribution in [-0.4, -0.2) is 42.1 Å². The van der Waals surface area contributed by atoms with Crippen LogP contribution < -0.4 is 15.5 Å². The first-order chi connectivity index (χ1) is 9.65. The number of amides is 1. The molecule has 1 unspecified atom stereocenters. The average Bonchev–Trinajstić information content (AvgIpc) is 2.46. The van der Waals surface area contributed by atoms with Crippen LogP contribution in [-0.2, 0) is 4.79 Å². The molecule has 1 aliphatic rings. The average molecular weight is 277 g/mol. The molecule has 0 spiro atoms. The minimum absolute atomic E-state index is 0.0611. The fourth-order valence-electron chi connectivity index (χ4n) is 2.62. The van der Waals surface area contributed by atoms with Crippen molar-refractivity contribution in [3.8, 4) is 0 Å². The third kappa shape index (κ3) is 3.18. The van der Waals surface area contributed by atoms with Crippen LogP contribution in [0.2, 0.25) is 0 Å². The van der Waals surface area contributed by atoms with Gasteiger partial charge in [-0.25, -0.2) is 9.97 Å². The number of hydrogen-bond donors (Lipinski definition) is 2. The molecule has 1 aromatic rings. The van der Waals surface area contributed by atoms with E-state index in [1.165, 1.54) is 0 Å². The summed E-state index contributed by atoms with van der Waals surface area (Å²) in [6.45, 7) is 5.59. The zero-order valence-electron chi connectivity index (χ0n) is 12.4. The number of likely N-dealkylation sites (N-methyl/N-ethyl adjacent to an activating group) is 1. The molecule has 1 fully saturated rings. The molecule has 20 heavy (non-hydrogen) atoms. The number of nitrogens with one attached hydrogen (secondary N) is 2. The van der Waals surface area contributed by atoms with E-state index in [9.17, 15) is 4.79 Å². The summed E-state index contributed by atoms with van der Waals surface area (Å²) in [5.41, 5.74) is 0. The zero-order chi connectivity index (χ0) is 14.5. The van der Waals surface area contributed by atoms with Crippen LogP contribution >= 0.6 is 0 Å². The van der Waals surface area contributed by atoms with Crippen molar-refractivity contribution in [3.63, 3.8) is 0 Å². The number of aryl methyl sites for hydroxylation is 1. The Balaban J connectivity index is 2.29. The summed E-state index contributed by atoms with van der Waals surface area (Å²) < 4.78 is 0. The van der Waals surface area contributed by atoms with Crippen LogP contribution in [0, 0.1) is 6.92 Å². The van der Waals surface area contributed by atoms with Gasteiger partial charge in [0.1, 0.15) is 23.5 Å². The lowest BCUT2D eigenvalue weighted by Crippen LogP contribution is -2.49. The maximum absolute atomic E-state index is 12.0. The molecule has 0 saturated carbocycles. The quantitative estimate of drug-likeness (QED) is 0.868. The molecule has 110 valence electrons. The van der Waals surface area contributed by atoms with E-state index < -0.39 is 0 Å². The molecule has 1 aliphatic heterocycles. The Morgan fingerprint density at radius 3 is 2.95 bits per heavy atom. The first kappa shape index (κ1) is 14.6. The maximum atomic E-state index is 12.0. The topological polar surface area (TPSA) is 70.2 Å². The number of nitrogens with zero attached hydrogens (tertiary/aromatic N) is 3. The Hall–Kier alpha value is -1.85.